The smallest absolute Gasteiger partial charge is 0.269 e. The van der Waals surface area contributed by atoms with Crippen LogP contribution in [0.5, 0.6) is 11.5 Å². The van der Waals surface area contributed by atoms with E-state index in [0.717, 1.165) is 21.2 Å². The molecule has 0 aliphatic carbocycles. The van der Waals surface area contributed by atoms with Crippen LogP contribution in [0.3, 0.4) is 0 Å². The van der Waals surface area contributed by atoms with E-state index in [1.54, 1.807) is 86.9 Å². The van der Waals surface area contributed by atoms with Crippen LogP contribution >= 0.6 is 0 Å². The van der Waals surface area contributed by atoms with Crippen LogP contribution in [0.1, 0.15) is 62.1 Å². The zero-order chi connectivity index (χ0) is 39.8. The summed E-state index contributed by atoms with van der Waals surface area (Å²) in [7, 11) is 3.58. The summed E-state index contributed by atoms with van der Waals surface area (Å²) in [5.74, 6) is -3.15. The molecule has 0 saturated carbocycles. The van der Waals surface area contributed by atoms with Crippen molar-refractivity contribution in [1.29, 1.82) is 0 Å². The van der Waals surface area contributed by atoms with E-state index in [1.807, 2.05) is 12.1 Å². The minimum Gasteiger partial charge on any atom is -0.456 e. The van der Waals surface area contributed by atoms with Crippen molar-refractivity contribution in [2.24, 2.45) is 0 Å². The van der Waals surface area contributed by atoms with Gasteiger partial charge in [0.15, 0.2) is 0 Å². The molecule has 0 spiro atoms. The second-order valence-electron chi connectivity index (χ2n) is 13.0. The molecule has 6 aromatic carbocycles. The topological polar surface area (TPSA) is 166 Å². The molecule has 2 heterocycles. The van der Waals surface area contributed by atoms with Gasteiger partial charge in [-0.15, -0.1) is 0 Å². The third-order valence-electron chi connectivity index (χ3n) is 9.61. The number of benzene rings is 6. The molecule has 0 saturated heterocycles. The van der Waals surface area contributed by atoms with Crippen molar-refractivity contribution in [3.63, 3.8) is 0 Å². The summed E-state index contributed by atoms with van der Waals surface area (Å²) in [6, 6.07) is 35.6. The summed E-state index contributed by atoms with van der Waals surface area (Å²) in [4.78, 5) is 82.7. The van der Waals surface area contributed by atoms with Gasteiger partial charge in [-0.3, -0.25) is 28.8 Å². The second kappa shape index (κ2) is 14.6. The Labute approximate surface area is 325 Å². The molecule has 0 radical (unpaired) electrons. The lowest BCUT2D eigenvalue weighted by molar-refractivity contribution is 0.0910. The molecule has 0 bridgehead atoms. The number of nitrogens with one attached hydrogen (secondary N) is 4. The lowest BCUT2D eigenvalue weighted by Crippen LogP contribution is -2.29. The Bertz CT molecular complexity index is 2620. The van der Waals surface area contributed by atoms with Gasteiger partial charge < -0.3 is 26.0 Å². The Balaban J connectivity index is 0.989. The van der Waals surface area contributed by atoms with Gasteiger partial charge in [0, 0.05) is 48.0 Å². The highest BCUT2D eigenvalue weighted by molar-refractivity contribution is 6.36. The summed E-state index contributed by atoms with van der Waals surface area (Å²) in [6.45, 7) is 0. The van der Waals surface area contributed by atoms with Gasteiger partial charge in [0.2, 0.25) is 0 Å². The Morgan fingerprint density at radius 2 is 0.789 bits per heavy atom. The number of hydrogen-bond donors (Lipinski definition) is 4. The van der Waals surface area contributed by atoms with Crippen molar-refractivity contribution in [2.45, 2.75) is 0 Å². The SMILES string of the molecule is CNc1ccc(NC(=O)c2ccc(N3C(=O)c4cccc(Oc5cccc6c5C(=O)N(c5ccc(NC(=O)c7ccc(NC)cc7)cc5)C6=O)c4C3=O)cc2)cc1. The molecular weight excluding hydrogens is 725 g/mol. The molecular formula is C44H32N6O7. The molecule has 2 aliphatic rings. The third-order valence-corrected chi connectivity index (χ3v) is 9.61. The predicted octanol–water partition coefficient (Wildman–Crippen LogP) is 7.67. The van der Waals surface area contributed by atoms with E-state index >= 15 is 0 Å². The first kappa shape index (κ1) is 35.9. The van der Waals surface area contributed by atoms with E-state index in [4.69, 9.17) is 4.74 Å². The van der Waals surface area contributed by atoms with E-state index in [0.29, 0.717) is 22.5 Å². The standard InChI is InChI=1S/C44H32N6O7/c1-45-27-13-9-25(10-14-27)39(51)48-30-19-23-32(24-20-30)50-42(54)34-6-4-8-36(38(34)44(50)56)57-35-7-3-5-33-37(35)43(55)49(41(33)53)31-21-11-26(12-22-31)40(52)47-29-17-15-28(46-2)16-18-29/h3-24,45-46H,1-2H3,(H,47,52)(H,48,51). The van der Waals surface area contributed by atoms with Crippen molar-refractivity contribution >= 4 is 69.6 Å². The van der Waals surface area contributed by atoms with Gasteiger partial charge in [-0.1, -0.05) is 12.1 Å². The van der Waals surface area contributed by atoms with Crippen LogP contribution in [0, 0.1) is 0 Å². The van der Waals surface area contributed by atoms with Crippen molar-refractivity contribution in [3.8, 4) is 11.5 Å². The highest BCUT2D eigenvalue weighted by atomic mass is 16.5. The average molecular weight is 757 g/mol. The summed E-state index contributed by atoms with van der Waals surface area (Å²) in [6.07, 6.45) is 0. The van der Waals surface area contributed by atoms with Crippen LogP contribution in [0.4, 0.5) is 34.1 Å². The molecule has 0 aromatic heterocycles. The lowest BCUT2D eigenvalue weighted by Gasteiger charge is -2.16. The maximum atomic E-state index is 13.9. The first-order valence-corrected chi connectivity index (χ1v) is 17.7. The summed E-state index contributed by atoms with van der Waals surface area (Å²) >= 11 is 0. The summed E-state index contributed by atoms with van der Waals surface area (Å²) in [5.41, 5.74) is 4.25. The molecule has 280 valence electrons. The Hall–Kier alpha value is -8.06. The van der Waals surface area contributed by atoms with Gasteiger partial charge in [0.25, 0.3) is 35.4 Å². The number of nitrogens with zero attached hydrogens (tertiary/aromatic N) is 2. The molecule has 4 N–H and O–H groups in total. The molecule has 0 atom stereocenters. The minimum absolute atomic E-state index is 0.0111. The average Bonchev–Trinajstić information content (AvgIpc) is 3.66. The summed E-state index contributed by atoms with van der Waals surface area (Å²) in [5, 5.41) is 11.6. The molecule has 8 rings (SSSR count). The van der Waals surface area contributed by atoms with Crippen LogP contribution in [0.2, 0.25) is 0 Å². The van der Waals surface area contributed by atoms with Crippen LogP contribution in [0.15, 0.2) is 133 Å². The molecule has 13 heteroatoms. The van der Waals surface area contributed by atoms with Crippen molar-refractivity contribution in [3.05, 3.63) is 167 Å². The fraction of sp³-hybridized carbons (Fsp3) is 0.0455. The van der Waals surface area contributed by atoms with Crippen LogP contribution in [-0.2, 0) is 0 Å². The van der Waals surface area contributed by atoms with Gasteiger partial charge >= 0.3 is 0 Å². The van der Waals surface area contributed by atoms with E-state index < -0.39 is 23.6 Å². The van der Waals surface area contributed by atoms with Gasteiger partial charge in [0.1, 0.15) is 11.5 Å². The Kier molecular flexibility index (Phi) is 9.23. The zero-order valence-corrected chi connectivity index (χ0v) is 30.5. The zero-order valence-electron chi connectivity index (χ0n) is 30.5. The minimum atomic E-state index is -0.661. The normalized spacial score (nSPS) is 12.9. The Morgan fingerprint density at radius 3 is 1.21 bits per heavy atom. The maximum Gasteiger partial charge on any atom is 0.269 e. The van der Waals surface area contributed by atoms with Crippen molar-refractivity contribution in [1.82, 2.24) is 0 Å². The summed E-state index contributed by atoms with van der Waals surface area (Å²) < 4.78 is 6.20. The van der Waals surface area contributed by atoms with Gasteiger partial charge in [0.05, 0.1) is 33.6 Å². The number of carbonyl (C=O) groups is 6. The monoisotopic (exact) mass is 756 g/mol. The molecule has 2 aliphatic heterocycles. The number of imide groups is 2. The molecule has 0 fully saturated rings. The number of rotatable bonds is 10. The third kappa shape index (κ3) is 6.59. The van der Waals surface area contributed by atoms with Crippen LogP contribution in [-0.4, -0.2) is 49.5 Å². The van der Waals surface area contributed by atoms with E-state index in [-0.39, 0.29) is 56.9 Å². The van der Waals surface area contributed by atoms with E-state index in [9.17, 15) is 28.8 Å². The fourth-order valence-corrected chi connectivity index (χ4v) is 6.64. The number of hydrogen-bond acceptors (Lipinski definition) is 9. The number of fused-ring (bicyclic) bond motifs is 2. The van der Waals surface area contributed by atoms with Gasteiger partial charge in [-0.05, 0) is 121 Å². The van der Waals surface area contributed by atoms with E-state index in [2.05, 4.69) is 21.3 Å². The molecule has 6 amide bonds. The highest BCUT2D eigenvalue weighted by Gasteiger charge is 2.42. The van der Waals surface area contributed by atoms with Gasteiger partial charge in [-0.25, -0.2) is 9.80 Å². The molecule has 6 aromatic rings. The van der Waals surface area contributed by atoms with Crippen molar-refractivity contribution < 1.29 is 33.5 Å². The van der Waals surface area contributed by atoms with Gasteiger partial charge in [-0.2, -0.15) is 0 Å². The van der Waals surface area contributed by atoms with Crippen LogP contribution < -0.4 is 35.8 Å². The lowest BCUT2D eigenvalue weighted by atomic mass is 10.1. The quantitative estimate of drug-likeness (QED) is 0.103. The largest absolute Gasteiger partial charge is 0.456 e. The molecule has 0 unspecified atom stereocenters. The molecule has 57 heavy (non-hydrogen) atoms. The maximum absolute atomic E-state index is 13.9. The van der Waals surface area contributed by atoms with Crippen LogP contribution in [0.25, 0.3) is 0 Å². The van der Waals surface area contributed by atoms with Crippen molar-refractivity contribution in [2.75, 3.05) is 45.2 Å². The molecule has 13 nitrogen and oxygen atoms in total. The van der Waals surface area contributed by atoms with E-state index in [1.165, 1.54) is 48.5 Å². The predicted molar refractivity (Wildman–Crippen MR) is 216 cm³/mol. The number of anilines is 6. The number of carbonyl (C=O) groups excluding carboxylic acids is 6. The first-order chi connectivity index (χ1) is 27.6. The number of ether oxygens (including phenoxy) is 1. The first-order valence-electron chi connectivity index (χ1n) is 17.7. The number of amides is 6. The Morgan fingerprint density at radius 1 is 0.439 bits per heavy atom. The highest BCUT2D eigenvalue weighted by Crippen LogP contribution is 2.40. The fourth-order valence-electron chi connectivity index (χ4n) is 6.64. The second-order valence-corrected chi connectivity index (χ2v) is 13.0.